The molecule has 0 aliphatic carbocycles. The molecule has 0 amide bonds. The Labute approximate surface area is 54.9 Å². The van der Waals surface area contributed by atoms with E-state index < -0.39 is 0 Å². The van der Waals surface area contributed by atoms with Crippen LogP contribution in [0.5, 0.6) is 0 Å². The quantitative estimate of drug-likeness (QED) is 0.512. The highest BCUT2D eigenvalue weighted by Gasteiger charge is 2.00. The van der Waals surface area contributed by atoms with Gasteiger partial charge in [-0.3, -0.25) is 4.79 Å². The first kappa shape index (κ1) is 7.45. The molecule has 0 aromatic heterocycles. The Morgan fingerprint density at radius 1 is 2.00 bits per heavy atom. The van der Waals surface area contributed by atoms with Gasteiger partial charge in [0, 0.05) is 12.3 Å². The lowest BCUT2D eigenvalue weighted by Crippen LogP contribution is -1.95. The normalized spacial score (nSPS) is 12.0. The molecule has 1 radical (unpaired) electrons. The van der Waals surface area contributed by atoms with Gasteiger partial charge in [-0.2, -0.15) is 0 Å². The summed E-state index contributed by atoms with van der Waals surface area (Å²) in [6, 6.07) is 0. The second kappa shape index (κ2) is 3.45. The summed E-state index contributed by atoms with van der Waals surface area (Å²) in [7, 11) is 0. The minimum absolute atomic E-state index is 0.000000000000000222. The third-order valence-electron chi connectivity index (χ3n) is 0.757. The fourth-order valence-corrected chi connectivity index (χ4v) is 0.559. The predicted molar refractivity (Wildman–Crippen MR) is 35.2 cm³/mol. The maximum absolute atomic E-state index is 10.1. The smallest absolute Gasteiger partial charge is 0.219 e. The molecule has 0 fully saturated rings. The van der Waals surface area contributed by atoms with Gasteiger partial charge in [0.2, 0.25) is 5.12 Å². The maximum Gasteiger partial charge on any atom is 0.219 e. The van der Waals surface area contributed by atoms with Crippen LogP contribution in [-0.2, 0) is 4.79 Å². The third-order valence-corrected chi connectivity index (χ3v) is 0.924. The Morgan fingerprint density at radius 3 is 2.62 bits per heavy atom. The van der Waals surface area contributed by atoms with Gasteiger partial charge in [0.05, 0.1) is 0 Å². The fourth-order valence-electron chi connectivity index (χ4n) is 0.309. The molecule has 0 saturated carbocycles. The number of carbonyl (C=O) groups excluding carboxylic acids is 1. The van der Waals surface area contributed by atoms with E-state index in [9.17, 15) is 4.79 Å². The van der Waals surface area contributed by atoms with Crippen LogP contribution in [0, 0.1) is 18.3 Å². The first-order chi connectivity index (χ1) is 3.66. The van der Waals surface area contributed by atoms with Crippen LogP contribution in [0.4, 0.5) is 0 Å². The molecule has 0 aliphatic rings. The molecule has 0 heterocycles. The average molecular weight is 127 g/mol. The maximum atomic E-state index is 10.1. The van der Waals surface area contributed by atoms with E-state index in [-0.39, 0.29) is 11.0 Å². The summed E-state index contributed by atoms with van der Waals surface area (Å²) < 4.78 is 0. The molecule has 0 bridgehead atoms. The van der Waals surface area contributed by atoms with E-state index in [0.29, 0.717) is 6.42 Å². The summed E-state index contributed by atoms with van der Waals surface area (Å²) in [5.74, 6) is 2.41. The molecule has 0 rings (SSSR count). The molecule has 0 N–H and O–H groups in total. The molecular weight excluding hydrogens is 120 g/mol. The van der Waals surface area contributed by atoms with E-state index in [4.69, 9.17) is 6.42 Å². The zero-order valence-electron chi connectivity index (χ0n) is 4.68. The molecule has 1 nitrogen and oxygen atoms in total. The first-order valence-corrected chi connectivity index (χ1v) is 2.73. The van der Waals surface area contributed by atoms with Gasteiger partial charge < -0.3 is 0 Å². The van der Waals surface area contributed by atoms with E-state index >= 15 is 0 Å². The summed E-state index contributed by atoms with van der Waals surface area (Å²) in [5, 5.41) is -0.254. The molecule has 1 unspecified atom stereocenters. The van der Waals surface area contributed by atoms with Crippen molar-refractivity contribution in [3.63, 3.8) is 0 Å². The van der Waals surface area contributed by atoms with Crippen molar-refractivity contribution in [2.75, 3.05) is 0 Å². The van der Waals surface area contributed by atoms with Gasteiger partial charge in [-0.25, -0.2) is 0 Å². The Hall–Kier alpha value is -0.550. The van der Waals surface area contributed by atoms with Crippen LogP contribution >= 0.6 is 12.6 Å². The Morgan fingerprint density at radius 2 is 2.50 bits per heavy atom. The van der Waals surface area contributed by atoms with Gasteiger partial charge >= 0.3 is 0 Å². The number of hydrogen-bond donors (Lipinski definition) is 0. The van der Waals surface area contributed by atoms with E-state index in [2.05, 4.69) is 18.5 Å². The summed E-state index contributed by atoms with van der Waals surface area (Å²) in [6.07, 6.45) is 5.30. The molecule has 0 aromatic carbocycles. The summed E-state index contributed by atoms with van der Waals surface area (Å²) in [4.78, 5) is 10.1. The van der Waals surface area contributed by atoms with Gasteiger partial charge in [-0.05, 0) is 12.6 Å². The Bertz CT molecular complexity index is 123. The van der Waals surface area contributed by atoms with Gasteiger partial charge in [0.1, 0.15) is 0 Å². The van der Waals surface area contributed by atoms with E-state index in [1.165, 1.54) is 0 Å². The van der Waals surface area contributed by atoms with Crippen molar-refractivity contribution in [3.8, 4) is 12.3 Å². The standard InChI is InChI=1S/C6H7OS/c1-3-5(2)4-6(7)8/h1,5H,4H2,2H3. The number of hydrogen-bond acceptors (Lipinski definition) is 1. The van der Waals surface area contributed by atoms with Crippen molar-refractivity contribution in [2.24, 2.45) is 5.92 Å². The van der Waals surface area contributed by atoms with Crippen LogP contribution in [0.3, 0.4) is 0 Å². The Kier molecular flexibility index (Phi) is 3.21. The lowest BCUT2D eigenvalue weighted by Gasteiger charge is -1.93. The van der Waals surface area contributed by atoms with Crippen LogP contribution in [0.25, 0.3) is 0 Å². The van der Waals surface area contributed by atoms with Crippen LogP contribution < -0.4 is 0 Å². The molecule has 1 atom stereocenters. The van der Waals surface area contributed by atoms with Crippen molar-refractivity contribution in [3.05, 3.63) is 0 Å². The van der Waals surface area contributed by atoms with Crippen molar-refractivity contribution >= 4 is 17.7 Å². The molecule has 43 valence electrons. The predicted octanol–water partition coefficient (Wildman–Crippen LogP) is 1.37. The van der Waals surface area contributed by atoms with Gasteiger partial charge in [-0.1, -0.05) is 6.92 Å². The molecule has 0 saturated heterocycles. The van der Waals surface area contributed by atoms with Crippen LogP contribution in [0.1, 0.15) is 13.3 Å². The molecule has 0 spiro atoms. The van der Waals surface area contributed by atoms with Gasteiger partial charge in [0.15, 0.2) is 0 Å². The lowest BCUT2D eigenvalue weighted by molar-refractivity contribution is -0.111. The zero-order chi connectivity index (χ0) is 6.57. The highest BCUT2D eigenvalue weighted by atomic mass is 32.1. The molecule has 8 heavy (non-hydrogen) atoms. The van der Waals surface area contributed by atoms with E-state index in [0.717, 1.165) is 0 Å². The number of carbonyl (C=O) groups is 1. The van der Waals surface area contributed by atoms with Gasteiger partial charge in [0.25, 0.3) is 0 Å². The second-order valence-corrected chi connectivity index (χ2v) is 2.10. The van der Waals surface area contributed by atoms with Gasteiger partial charge in [-0.15, -0.1) is 12.3 Å². The molecule has 0 aliphatic heterocycles. The second-order valence-electron chi connectivity index (χ2n) is 1.64. The van der Waals surface area contributed by atoms with E-state index in [1.54, 1.807) is 6.92 Å². The Balaban J connectivity index is 3.43. The third kappa shape index (κ3) is 3.63. The number of terminal acetylenes is 1. The monoisotopic (exact) mass is 127 g/mol. The highest BCUT2D eigenvalue weighted by molar-refractivity contribution is 7.96. The molecule has 0 aromatic rings. The summed E-state index contributed by atoms with van der Waals surface area (Å²) in [6.45, 7) is 1.80. The first-order valence-electron chi connectivity index (χ1n) is 2.32. The molecular formula is C6H7OS. The molecule has 2 heteroatoms. The summed E-state index contributed by atoms with van der Waals surface area (Å²) in [5.41, 5.74) is 0. The average Bonchev–Trinajstić information content (AvgIpc) is 1.65. The topological polar surface area (TPSA) is 17.1 Å². The zero-order valence-corrected chi connectivity index (χ0v) is 5.49. The SMILES string of the molecule is C#CC(C)CC(=O)[S]. The fraction of sp³-hybridized carbons (Fsp3) is 0.500. The van der Waals surface area contributed by atoms with Crippen LogP contribution in [0.2, 0.25) is 0 Å². The van der Waals surface area contributed by atoms with Crippen LogP contribution in [0.15, 0.2) is 0 Å². The number of rotatable bonds is 2. The van der Waals surface area contributed by atoms with E-state index in [1.807, 2.05) is 0 Å². The summed E-state index contributed by atoms with van der Waals surface area (Å²) >= 11 is 4.29. The van der Waals surface area contributed by atoms with Crippen molar-refractivity contribution in [1.29, 1.82) is 0 Å². The largest absolute Gasteiger partial charge is 0.282 e. The van der Waals surface area contributed by atoms with Crippen molar-refractivity contribution < 1.29 is 4.79 Å². The van der Waals surface area contributed by atoms with Crippen LogP contribution in [-0.4, -0.2) is 5.12 Å². The highest BCUT2D eigenvalue weighted by Crippen LogP contribution is 2.00. The lowest BCUT2D eigenvalue weighted by atomic mass is 10.1. The van der Waals surface area contributed by atoms with Crippen molar-refractivity contribution in [2.45, 2.75) is 13.3 Å². The minimum Gasteiger partial charge on any atom is -0.282 e. The van der Waals surface area contributed by atoms with Crippen molar-refractivity contribution in [1.82, 2.24) is 0 Å². The minimum atomic E-state index is -0.254.